The predicted molar refractivity (Wildman–Crippen MR) is 67.1 cm³/mol. The van der Waals surface area contributed by atoms with E-state index in [2.05, 4.69) is 45.5 Å². The first kappa shape index (κ1) is 13.5. The first-order valence-electron chi connectivity index (χ1n) is 5.10. The molecule has 1 aromatic rings. The lowest BCUT2D eigenvalue weighted by atomic mass is 10.0. The van der Waals surface area contributed by atoms with Crippen LogP contribution in [0.5, 0.6) is 0 Å². The molecule has 0 aromatic heterocycles. The molecule has 2 N–H and O–H groups in total. The molecule has 1 rings (SSSR count). The van der Waals surface area contributed by atoms with Crippen LogP contribution in [-0.2, 0) is 0 Å². The zero-order valence-electron chi connectivity index (χ0n) is 9.33. The Balaban J connectivity index is 0.000000364. The average Bonchev–Trinajstić information content (AvgIpc) is 2.19. The lowest BCUT2D eigenvalue weighted by Crippen LogP contribution is -1.93. The van der Waals surface area contributed by atoms with Crippen molar-refractivity contribution in [3.63, 3.8) is 0 Å². The van der Waals surface area contributed by atoms with E-state index in [0.717, 1.165) is 17.9 Å². The summed E-state index contributed by atoms with van der Waals surface area (Å²) in [6.07, 6.45) is 1.10. The molecule has 80 valence electrons. The van der Waals surface area contributed by atoms with Gasteiger partial charge in [0.1, 0.15) is 0 Å². The Labute approximate surface area is 93.1 Å². The summed E-state index contributed by atoms with van der Waals surface area (Å²) in [5.74, 6) is 0.619. The van der Waals surface area contributed by atoms with Crippen molar-refractivity contribution >= 4 is 12.6 Å². The van der Waals surface area contributed by atoms with Crippen LogP contribution in [0.25, 0.3) is 0 Å². The summed E-state index contributed by atoms with van der Waals surface area (Å²) < 4.78 is 0. The van der Waals surface area contributed by atoms with Gasteiger partial charge in [-0.25, -0.2) is 0 Å². The van der Waals surface area contributed by atoms with Gasteiger partial charge in [0.15, 0.2) is 0 Å². The molecular weight excluding hydrogens is 190 g/mol. The van der Waals surface area contributed by atoms with E-state index in [1.165, 1.54) is 5.56 Å². The van der Waals surface area contributed by atoms with Crippen LogP contribution in [0.3, 0.4) is 0 Å². The maximum Gasteiger partial charge on any atom is 0.00401 e. The van der Waals surface area contributed by atoms with Crippen LogP contribution >= 0.6 is 12.6 Å². The van der Waals surface area contributed by atoms with Gasteiger partial charge in [-0.3, -0.25) is 0 Å². The molecule has 0 fully saturated rings. The summed E-state index contributed by atoms with van der Waals surface area (Å²) >= 11 is 4.20. The minimum Gasteiger partial charge on any atom is -0.330 e. The van der Waals surface area contributed by atoms with Crippen molar-refractivity contribution in [1.82, 2.24) is 0 Å². The van der Waals surface area contributed by atoms with Gasteiger partial charge in [-0.1, -0.05) is 32.9 Å². The molecule has 0 radical (unpaired) electrons. The normalized spacial score (nSPS) is 9.57. The van der Waals surface area contributed by atoms with Crippen molar-refractivity contribution in [1.29, 1.82) is 0 Å². The van der Waals surface area contributed by atoms with Gasteiger partial charge >= 0.3 is 0 Å². The average molecular weight is 211 g/mol. The van der Waals surface area contributed by atoms with Crippen LogP contribution in [0.1, 0.15) is 38.7 Å². The first-order chi connectivity index (χ1) is 6.61. The van der Waals surface area contributed by atoms with Crippen molar-refractivity contribution in [2.45, 2.75) is 38.0 Å². The molecule has 0 bridgehead atoms. The molecule has 1 nitrogen and oxygen atoms in total. The Morgan fingerprint density at radius 2 is 1.64 bits per heavy atom. The summed E-state index contributed by atoms with van der Waals surface area (Å²) in [6.45, 7) is 7.25. The van der Waals surface area contributed by atoms with Crippen LogP contribution in [0.4, 0.5) is 0 Å². The van der Waals surface area contributed by atoms with E-state index in [0.29, 0.717) is 5.92 Å². The minimum absolute atomic E-state index is 0.619. The molecular formula is C12H21NS. The van der Waals surface area contributed by atoms with Gasteiger partial charge in [-0.05, 0) is 36.6 Å². The molecule has 0 unspecified atom stereocenters. The van der Waals surface area contributed by atoms with E-state index < -0.39 is 0 Å². The fraction of sp³-hybridized carbons (Fsp3) is 0.500. The number of hydrogen-bond acceptors (Lipinski definition) is 2. The minimum atomic E-state index is 0.619. The van der Waals surface area contributed by atoms with Crippen molar-refractivity contribution in [2.75, 3.05) is 6.54 Å². The zero-order chi connectivity index (χ0) is 11.0. The highest BCUT2D eigenvalue weighted by molar-refractivity contribution is 7.80. The maximum absolute atomic E-state index is 5.03. The lowest BCUT2D eigenvalue weighted by Gasteiger charge is -2.03. The Morgan fingerprint density at radius 1 is 1.21 bits per heavy atom. The van der Waals surface area contributed by atoms with Gasteiger partial charge < -0.3 is 5.73 Å². The third-order valence-electron chi connectivity index (χ3n) is 1.85. The van der Waals surface area contributed by atoms with E-state index in [-0.39, 0.29) is 0 Å². The van der Waals surface area contributed by atoms with Crippen molar-refractivity contribution in [3.8, 4) is 0 Å². The molecule has 0 spiro atoms. The molecule has 0 heterocycles. The molecule has 0 saturated carbocycles. The van der Waals surface area contributed by atoms with E-state index in [9.17, 15) is 0 Å². The van der Waals surface area contributed by atoms with Crippen LogP contribution in [0, 0.1) is 0 Å². The van der Waals surface area contributed by atoms with E-state index in [1.54, 1.807) is 0 Å². The van der Waals surface area contributed by atoms with Gasteiger partial charge in [0.05, 0.1) is 0 Å². The van der Waals surface area contributed by atoms with Gasteiger partial charge in [0, 0.05) is 4.90 Å². The molecule has 1 aromatic carbocycles. The topological polar surface area (TPSA) is 26.0 Å². The summed E-state index contributed by atoms with van der Waals surface area (Å²) in [5.41, 5.74) is 6.40. The summed E-state index contributed by atoms with van der Waals surface area (Å²) in [5, 5.41) is 0. The Morgan fingerprint density at radius 3 is 1.93 bits per heavy atom. The highest BCUT2D eigenvalue weighted by atomic mass is 32.1. The number of rotatable bonds is 2. The van der Waals surface area contributed by atoms with Crippen LogP contribution in [0.15, 0.2) is 29.2 Å². The fourth-order valence-electron chi connectivity index (χ4n) is 0.859. The van der Waals surface area contributed by atoms with Crippen LogP contribution < -0.4 is 5.73 Å². The largest absolute Gasteiger partial charge is 0.330 e. The Bertz CT molecular complexity index is 227. The quantitative estimate of drug-likeness (QED) is 0.720. The second-order valence-electron chi connectivity index (χ2n) is 3.53. The van der Waals surface area contributed by atoms with Crippen molar-refractivity contribution < 1.29 is 0 Å². The highest BCUT2D eigenvalue weighted by Gasteiger charge is 1.95. The maximum atomic E-state index is 5.03. The fourth-order valence-corrected chi connectivity index (χ4v) is 1.01. The third-order valence-corrected chi connectivity index (χ3v) is 2.15. The van der Waals surface area contributed by atoms with Crippen LogP contribution in [0.2, 0.25) is 0 Å². The Hall–Kier alpha value is -0.470. The van der Waals surface area contributed by atoms with Gasteiger partial charge in [-0.15, -0.1) is 12.6 Å². The second-order valence-corrected chi connectivity index (χ2v) is 4.05. The molecule has 0 saturated heterocycles. The molecule has 2 heteroatoms. The summed E-state index contributed by atoms with van der Waals surface area (Å²) in [4.78, 5) is 1.03. The van der Waals surface area contributed by atoms with Gasteiger partial charge in [0.25, 0.3) is 0 Å². The van der Waals surface area contributed by atoms with Crippen LogP contribution in [-0.4, -0.2) is 6.54 Å². The zero-order valence-corrected chi connectivity index (χ0v) is 10.2. The molecule has 0 aliphatic heterocycles. The molecule has 0 aliphatic carbocycles. The Kier molecular flexibility index (Phi) is 7.63. The first-order valence-corrected chi connectivity index (χ1v) is 5.55. The number of hydrogen-bond donors (Lipinski definition) is 2. The highest BCUT2D eigenvalue weighted by Crippen LogP contribution is 2.15. The van der Waals surface area contributed by atoms with Crippen molar-refractivity contribution in [3.05, 3.63) is 29.8 Å². The monoisotopic (exact) mass is 211 g/mol. The smallest absolute Gasteiger partial charge is 0.00401 e. The van der Waals surface area contributed by atoms with Gasteiger partial charge in [-0.2, -0.15) is 0 Å². The SMILES string of the molecule is CC(C)c1ccc(S)cc1.CCCN. The van der Waals surface area contributed by atoms with Gasteiger partial charge in [0.2, 0.25) is 0 Å². The second kappa shape index (κ2) is 7.89. The standard InChI is InChI=1S/C9H12S.C3H9N/c1-7(2)8-3-5-9(10)6-4-8;1-2-3-4/h3-7,10H,1-2H3;2-4H2,1H3. The van der Waals surface area contributed by atoms with E-state index >= 15 is 0 Å². The molecule has 0 amide bonds. The third kappa shape index (κ3) is 6.06. The summed E-state index contributed by atoms with van der Waals surface area (Å²) in [7, 11) is 0. The molecule has 14 heavy (non-hydrogen) atoms. The molecule has 0 aliphatic rings. The van der Waals surface area contributed by atoms with Crippen molar-refractivity contribution in [2.24, 2.45) is 5.73 Å². The number of benzene rings is 1. The number of nitrogens with two attached hydrogens (primary N) is 1. The summed E-state index contributed by atoms with van der Waals surface area (Å²) in [6, 6.07) is 8.29. The van der Waals surface area contributed by atoms with E-state index in [1.807, 2.05) is 12.1 Å². The lowest BCUT2D eigenvalue weighted by molar-refractivity contribution is 0.865. The molecule has 0 atom stereocenters. The number of thiol groups is 1. The van der Waals surface area contributed by atoms with E-state index in [4.69, 9.17) is 5.73 Å². The predicted octanol–water partition coefficient (Wildman–Crippen LogP) is 3.45.